The summed E-state index contributed by atoms with van der Waals surface area (Å²) in [5.74, 6) is 0. The summed E-state index contributed by atoms with van der Waals surface area (Å²) in [7, 11) is 0. The quantitative estimate of drug-likeness (QED) is 0.706. The van der Waals surface area contributed by atoms with Crippen LogP contribution in [0.3, 0.4) is 0 Å². The predicted molar refractivity (Wildman–Crippen MR) is 104 cm³/mol. The number of anilines is 1. The highest BCUT2D eigenvalue weighted by atomic mass is 16.2. The lowest BCUT2D eigenvalue weighted by atomic mass is 10.2. The molecule has 26 heavy (non-hydrogen) atoms. The third-order valence-corrected chi connectivity index (χ3v) is 5.10. The second-order valence-corrected chi connectivity index (χ2v) is 6.95. The molecule has 0 N–H and O–H groups in total. The van der Waals surface area contributed by atoms with Crippen molar-refractivity contribution in [2.75, 3.05) is 37.6 Å². The zero-order valence-electron chi connectivity index (χ0n) is 15.2. The average Bonchev–Trinajstić information content (AvgIpc) is 2.99. The van der Waals surface area contributed by atoms with E-state index in [4.69, 9.17) is 0 Å². The van der Waals surface area contributed by atoms with Crippen LogP contribution in [0.1, 0.15) is 12.0 Å². The summed E-state index contributed by atoms with van der Waals surface area (Å²) in [5, 5.41) is 4.39. The molecule has 6 heteroatoms. The first-order valence-corrected chi connectivity index (χ1v) is 9.29. The second kappa shape index (κ2) is 7.33. The van der Waals surface area contributed by atoms with Crippen molar-refractivity contribution in [3.8, 4) is 0 Å². The Labute approximate surface area is 153 Å². The van der Waals surface area contributed by atoms with Crippen LogP contribution in [-0.4, -0.2) is 51.8 Å². The van der Waals surface area contributed by atoms with Gasteiger partial charge in [0.1, 0.15) is 0 Å². The predicted octanol–water partition coefficient (Wildman–Crippen LogP) is 2.02. The van der Waals surface area contributed by atoms with Gasteiger partial charge in [0.15, 0.2) is 5.65 Å². The van der Waals surface area contributed by atoms with Crippen LogP contribution in [0, 0.1) is 6.92 Å². The Kier molecular flexibility index (Phi) is 4.75. The summed E-state index contributed by atoms with van der Waals surface area (Å²) in [5.41, 5.74) is 3.27. The molecule has 0 saturated carbocycles. The minimum Gasteiger partial charge on any atom is -0.369 e. The fourth-order valence-electron chi connectivity index (χ4n) is 3.54. The molecule has 4 rings (SSSR count). The first-order chi connectivity index (χ1) is 12.7. The first-order valence-electron chi connectivity index (χ1n) is 9.29. The molecule has 1 aliphatic heterocycles. The molecule has 6 nitrogen and oxygen atoms in total. The number of pyridine rings is 1. The van der Waals surface area contributed by atoms with Gasteiger partial charge in [0.2, 0.25) is 0 Å². The van der Waals surface area contributed by atoms with Crippen molar-refractivity contribution in [1.82, 2.24) is 19.1 Å². The third kappa shape index (κ3) is 3.51. The standard InChI is InChI=1S/C20H25N5O/c1-17-6-8-18(9-7-17)23-15-13-22(14-16-23)10-4-12-25-20(26)24-11-3-2-5-19(24)21-25/h2-3,5-9,11H,4,10,12-16H2,1H3. The van der Waals surface area contributed by atoms with Gasteiger partial charge in [-0.15, -0.1) is 5.10 Å². The molecule has 3 aromatic rings. The molecule has 0 radical (unpaired) electrons. The lowest BCUT2D eigenvalue weighted by Gasteiger charge is -2.36. The van der Waals surface area contributed by atoms with Gasteiger partial charge >= 0.3 is 5.69 Å². The van der Waals surface area contributed by atoms with Crippen LogP contribution in [0.25, 0.3) is 5.65 Å². The molecular formula is C20H25N5O. The number of rotatable bonds is 5. The molecule has 0 aliphatic carbocycles. The van der Waals surface area contributed by atoms with E-state index in [-0.39, 0.29) is 5.69 Å². The lowest BCUT2D eigenvalue weighted by Crippen LogP contribution is -2.46. The maximum Gasteiger partial charge on any atom is 0.350 e. The van der Waals surface area contributed by atoms with Crippen molar-refractivity contribution in [2.24, 2.45) is 0 Å². The van der Waals surface area contributed by atoms with Crippen molar-refractivity contribution in [1.29, 1.82) is 0 Å². The van der Waals surface area contributed by atoms with E-state index in [9.17, 15) is 4.79 Å². The molecule has 1 aromatic carbocycles. The number of fused-ring (bicyclic) bond motifs is 1. The average molecular weight is 351 g/mol. The van der Waals surface area contributed by atoms with E-state index in [0.29, 0.717) is 12.2 Å². The zero-order valence-corrected chi connectivity index (χ0v) is 15.2. The van der Waals surface area contributed by atoms with Gasteiger partial charge in [0.25, 0.3) is 0 Å². The maximum atomic E-state index is 12.3. The van der Waals surface area contributed by atoms with Crippen molar-refractivity contribution in [2.45, 2.75) is 19.9 Å². The molecule has 1 saturated heterocycles. The first kappa shape index (κ1) is 16.8. The number of piperazine rings is 1. The monoisotopic (exact) mass is 351 g/mol. The van der Waals surface area contributed by atoms with Gasteiger partial charge in [-0.25, -0.2) is 9.48 Å². The van der Waals surface area contributed by atoms with Crippen molar-refractivity contribution in [3.05, 3.63) is 64.7 Å². The zero-order chi connectivity index (χ0) is 17.9. The summed E-state index contributed by atoms with van der Waals surface area (Å²) in [4.78, 5) is 17.2. The molecule has 1 aliphatic rings. The minimum absolute atomic E-state index is 0.0511. The number of hydrogen-bond donors (Lipinski definition) is 0. The number of nitrogens with zero attached hydrogens (tertiary/aromatic N) is 5. The fraction of sp³-hybridized carbons (Fsp3) is 0.400. The molecule has 3 heterocycles. The normalized spacial score (nSPS) is 15.7. The van der Waals surface area contributed by atoms with Gasteiger partial charge < -0.3 is 4.90 Å². The van der Waals surface area contributed by atoms with E-state index >= 15 is 0 Å². The largest absolute Gasteiger partial charge is 0.369 e. The topological polar surface area (TPSA) is 45.8 Å². The van der Waals surface area contributed by atoms with Crippen LogP contribution in [0.15, 0.2) is 53.5 Å². The minimum atomic E-state index is -0.0511. The van der Waals surface area contributed by atoms with Crippen molar-refractivity contribution in [3.63, 3.8) is 0 Å². The van der Waals surface area contributed by atoms with E-state index in [0.717, 1.165) is 39.1 Å². The third-order valence-electron chi connectivity index (χ3n) is 5.10. The second-order valence-electron chi connectivity index (χ2n) is 6.95. The molecule has 0 amide bonds. The Bertz CT molecular complexity index is 919. The molecule has 0 unspecified atom stereocenters. The van der Waals surface area contributed by atoms with E-state index in [2.05, 4.69) is 46.1 Å². The molecule has 0 atom stereocenters. The van der Waals surface area contributed by atoms with Crippen LogP contribution in [0.4, 0.5) is 5.69 Å². The van der Waals surface area contributed by atoms with Gasteiger partial charge in [-0.3, -0.25) is 9.30 Å². The summed E-state index contributed by atoms with van der Waals surface area (Å²) in [6.07, 6.45) is 2.71. The highest BCUT2D eigenvalue weighted by Gasteiger charge is 2.17. The number of aryl methyl sites for hydroxylation is 2. The van der Waals surface area contributed by atoms with Gasteiger partial charge in [0.05, 0.1) is 0 Å². The molecule has 2 aromatic heterocycles. The van der Waals surface area contributed by atoms with Gasteiger partial charge in [0, 0.05) is 51.2 Å². The SMILES string of the molecule is Cc1ccc(N2CCN(CCCn3nc4ccccn4c3=O)CC2)cc1. The Morgan fingerprint density at radius 3 is 2.46 bits per heavy atom. The van der Waals surface area contributed by atoms with Crippen LogP contribution in [0.5, 0.6) is 0 Å². The van der Waals surface area contributed by atoms with E-state index in [1.807, 2.05) is 18.2 Å². The summed E-state index contributed by atoms with van der Waals surface area (Å²) in [6, 6.07) is 14.4. The van der Waals surface area contributed by atoms with Gasteiger partial charge in [-0.1, -0.05) is 23.8 Å². The van der Waals surface area contributed by atoms with Crippen LogP contribution < -0.4 is 10.6 Å². The van der Waals surface area contributed by atoms with Crippen LogP contribution >= 0.6 is 0 Å². The van der Waals surface area contributed by atoms with Crippen molar-refractivity contribution < 1.29 is 0 Å². The Balaban J connectivity index is 1.28. The van der Waals surface area contributed by atoms with E-state index in [1.54, 1.807) is 15.3 Å². The lowest BCUT2D eigenvalue weighted by molar-refractivity contribution is 0.248. The van der Waals surface area contributed by atoms with Gasteiger partial charge in [-0.05, 0) is 37.6 Å². The highest BCUT2D eigenvalue weighted by molar-refractivity contribution is 5.47. The molecule has 0 spiro atoms. The van der Waals surface area contributed by atoms with E-state index in [1.165, 1.54) is 11.3 Å². The Hall–Kier alpha value is -2.60. The summed E-state index contributed by atoms with van der Waals surface area (Å²) < 4.78 is 3.18. The highest BCUT2D eigenvalue weighted by Crippen LogP contribution is 2.17. The smallest absolute Gasteiger partial charge is 0.350 e. The summed E-state index contributed by atoms with van der Waals surface area (Å²) in [6.45, 7) is 8.02. The fourth-order valence-corrected chi connectivity index (χ4v) is 3.54. The number of aromatic nitrogens is 3. The van der Waals surface area contributed by atoms with Crippen LogP contribution in [-0.2, 0) is 6.54 Å². The number of hydrogen-bond acceptors (Lipinski definition) is 4. The van der Waals surface area contributed by atoms with Crippen LogP contribution in [0.2, 0.25) is 0 Å². The number of benzene rings is 1. The molecule has 1 fully saturated rings. The molecule has 136 valence electrons. The summed E-state index contributed by atoms with van der Waals surface area (Å²) >= 11 is 0. The van der Waals surface area contributed by atoms with Crippen molar-refractivity contribution >= 4 is 11.3 Å². The molecular weight excluding hydrogens is 326 g/mol. The Morgan fingerprint density at radius 2 is 1.73 bits per heavy atom. The van der Waals surface area contributed by atoms with E-state index < -0.39 is 0 Å². The maximum absolute atomic E-state index is 12.3. The van der Waals surface area contributed by atoms with Gasteiger partial charge in [-0.2, -0.15) is 0 Å². The Morgan fingerprint density at radius 1 is 0.962 bits per heavy atom. The molecule has 0 bridgehead atoms.